The van der Waals surface area contributed by atoms with Crippen molar-refractivity contribution >= 4 is 22.0 Å². The minimum absolute atomic E-state index is 0.0190. The van der Waals surface area contributed by atoms with E-state index in [-0.39, 0.29) is 23.3 Å². The molecule has 9 heteroatoms. The maximum atomic E-state index is 12.6. The molecule has 1 atom stereocenters. The Balaban J connectivity index is 1.34. The summed E-state index contributed by atoms with van der Waals surface area (Å²) in [6, 6.07) is 16.2. The van der Waals surface area contributed by atoms with E-state index in [1.807, 2.05) is 37.3 Å². The molecule has 0 radical (unpaired) electrons. The number of likely N-dealkylation sites (tertiary alicyclic amines) is 1. The fourth-order valence-electron chi connectivity index (χ4n) is 3.85. The summed E-state index contributed by atoms with van der Waals surface area (Å²) >= 11 is 0. The van der Waals surface area contributed by atoms with Gasteiger partial charge >= 0.3 is 6.09 Å². The van der Waals surface area contributed by atoms with Gasteiger partial charge in [0, 0.05) is 32.6 Å². The standard InChI is InChI=1S/C25H33N3O5S/c1-20-11-13-23(14-12-20)34(31,32)27-17-22-9-6-16-28(18-22)24(29)10-5-15-26-25(30)33-19-21-7-3-2-4-8-21/h2-4,7-8,11-14,22,27H,5-6,9-10,15-19H2,1H3,(H,26,30). The Labute approximate surface area is 201 Å². The molecule has 2 aromatic carbocycles. The molecule has 34 heavy (non-hydrogen) atoms. The lowest BCUT2D eigenvalue weighted by Gasteiger charge is -2.33. The highest BCUT2D eigenvalue weighted by molar-refractivity contribution is 7.89. The van der Waals surface area contributed by atoms with Gasteiger partial charge in [0.2, 0.25) is 15.9 Å². The van der Waals surface area contributed by atoms with Crippen LogP contribution in [0, 0.1) is 12.8 Å². The number of carbonyl (C=O) groups is 2. The monoisotopic (exact) mass is 487 g/mol. The molecule has 2 amide bonds. The van der Waals surface area contributed by atoms with E-state index < -0.39 is 16.1 Å². The van der Waals surface area contributed by atoms with Crippen LogP contribution >= 0.6 is 0 Å². The second-order valence-electron chi connectivity index (χ2n) is 8.61. The van der Waals surface area contributed by atoms with Crippen LogP contribution in [-0.4, -0.2) is 51.5 Å². The van der Waals surface area contributed by atoms with Crippen LogP contribution in [0.1, 0.15) is 36.8 Å². The predicted octanol–water partition coefficient (Wildman–Crippen LogP) is 3.22. The minimum atomic E-state index is -3.57. The number of ether oxygens (including phenoxy) is 1. The zero-order chi connectivity index (χ0) is 24.4. The van der Waals surface area contributed by atoms with Gasteiger partial charge in [0.05, 0.1) is 4.90 Å². The number of carbonyl (C=O) groups excluding carboxylic acids is 2. The molecule has 2 aromatic rings. The smallest absolute Gasteiger partial charge is 0.407 e. The zero-order valence-corrected chi connectivity index (χ0v) is 20.4. The van der Waals surface area contributed by atoms with Crippen LogP contribution in [-0.2, 0) is 26.2 Å². The Bertz CT molecular complexity index is 1040. The number of benzene rings is 2. The summed E-state index contributed by atoms with van der Waals surface area (Å²) in [7, 11) is -3.57. The van der Waals surface area contributed by atoms with E-state index in [0.29, 0.717) is 39.0 Å². The van der Waals surface area contributed by atoms with Crippen molar-refractivity contribution in [3.05, 3.63) is 65.7 Å². The number of sulfonamides is 1. The number of rotatable bonds is 10. The summed E-state index contributed by atoms with van der Waals surface area (Å²) in [6.45, 7) is 3.97. The van der Waals surface area contributed by atoms with Crippen molar-refractivity contribution in [3.63, 3.8) is 0 Å². The van der Waals surface area contributed by atoms with Gasteiger partial charge in [-0.2, -0.15) is 0 Å². The first-order valence-corrected chi connectivity index (χ1v) is 13.1. The SMILES string of the molecule is Cc1ccc(S(=O)(=O)NCC2CCCN(C(=O)CCCNC(=O)OCc3ccccc3)C2)cc1. The molecule has 1 saturated heterocycles. The maximum absolute atomic E-state index is 12.6. The highest BCUT2D eigenvalue weighted by Gasteiger charge is 2.25. The summed E-state index contributed by atoms with van der Waals surface area (Å²) in [5, 5.41) is 2.67. The molecule has 0 bridgehead atoms. The molecule has 0 spiro atoms. The molecule has 1 aliphatic heterocycles. The topological polar surface area (TPSA) is 105 Å². The van der Waals surface area contributed by atoms with Gasteiger partial charge in [-0.15, -0.1) is 0 Å². The number of hydrogen-bond donors (Lipinski definition) is 2. The molecule has 1 unspecified atom stereocenters. The molecule has 2 N–H and O–H groups in total. The third-order valence-electron chi connectivity index (χ3n) is 5.81. The molecular formula is C25H33N3O5S. The highest BCUT2D eigenvalue weighted by atomic mass is 32.2. The molecule has 0 saturated carbocycles. The van der Waals surface area contributed by atoms with Gasteiger partial charge in [-0.25, -0.2) is 17.9 Å². The third kappa shape index (κ3) is 8.14. The largest absolute Gasteiger partial charge is 0.445 e. The molecule has 184 valence electrons. The van der Waals surface area contributed by atoms with Crippen molar-refractivity contribution < 1.29 is 22.7 Å². The Morgan fingerprint density at radius 2 is 1.82 bits per heavy atom. The number of nitrogens with one attached hydrogen (secondary N) is 2. The van der Waals surface area contributed by atoms with Crippen LogP contribution in [0.3, 0.4) is 0 Å². The van der Waals surface area contributed by atoms with Crippen LogP contribution in [0.4, 0.5) is 4.79 Å². The number of hydrogen-bond acceptors (Lipinski definition) is 5. The Morgan fingerprint density at radius 3 is 2.56 bits per heavy atom. The van der Waals surface area contributed by atoms with E-state index in [2.05, 4.69) is 10.0 Å². The van der Waals surface area contributed by atoms with Gasteiger partial charge in [-0.3, -0.25) is 4.79 Å². The number of piperidine rings is 1. The molecular weight excluding hydrogens is 454 g/mol. The quantitative estimate of drug-likeness (QED) is 0.501. The first-order chi connectivity index (χ1) is 16.3. The van der Waals surface area contributed by atoms with Gasteiger partial charge in [0.15, 0.2) is 0 Å². The molecule has 8 nitrogen and oxygen atoms in total. The van der Waals surface area contributed by atoms with Crippen LogP contribution in [0.2, 0.25) is 0 Å². The average Bonchev–Trinajstić information content (AvgIpc) is 2.85. The maximum Gasteiger partial charge on any atom is 0.407 e. The van der Waals surface area contributed by atoms with Crippen molar-refractivity contribution in [1.29, 1.82) is 0 Å². The fourth-order valence-corrected chi connectivity index (χ4v) is 4.97. The van der Waals surface area contributed by atoms with Crippen molar-refractivity contribution in [2.24, 2.45) is 5.92 Å². The minimum Gasteiger partial charge on any atom is -0.445 e. The third-order valence-corrected chi connectivity index (χ3v) is 7.25. The summed E-state index contributed by atoms with van der Waals surface area (Å²) in [5.74, 6) is 0.0922. The van der Waals surface area contributed by atoms with E-state index in [4.69, 9.17) is 4.74 Å². The van der Waals surface area contributed by atoms with Gasteiger partial charge < -0.3 is 15.0 Å². The molecule has 0 aromatic heterocycles. The average molecular weight is 488 g/mol. The Hall–Kier alpha value is -2.91. The molecule has 3 rings (SSSR count). The molecule has 0 aliphatic carbocycles. The van der Waals surface area contributed by atoms with E-state index in [9.17, 15) is 18.0 Å². The lowest BCUT2D eigenvalue weighted by Crippen LogP contribution is -2.43. The summed E-state index contributed by atoms with van der Waals surface area (Å²) in [5.41, 5.74) is 1.91. The fraction of sp³-hybridized carbons (Fsp3) is 0.440. The van der Waals surface area contributed by atoms with Gasteiger partial charge in [-0.05, 0) is 49.8 Å². The summed E-state index contributed by atoms with van der Waals surface area (Å²) in [4.78, 5) is 26.4. The number of aryl methyl sites for hydroxylation is 1. The number of nitrogens with zero attached hydrogens (tertiary/aromatic N) is 1. The van der Waals surface area contributed by atoms with Crippen molar-refractivity contribution in [3.8, 4) is 0 Å². The van der Waals surface area contributed by atoms with Crippen molar-refractivity contribution in [1.82, 2.24) is 14.9 Å². The second-order valence-corrected chi connectivity index (χ2v) is 10.4. The van der Waals surface area contributed by atoms with E-state index in [1.165, 1.54) is 0 Å². The van der Waals surface area contributed by atoms with E-state index in [1.54, 1.807) is 29.2 Å². The molecule has 1 fully saturated rings. The molecule has 1 heterocycles. The molecule has 1 aliphatic rings. The van der Waals surface area contributed by atoms with Gasteiger partial charge in [0.1, 0.15) is 6.61 Å². The predicted molar refractivity (Wildman–Crippen MR) is 130 cm³/mol. The van der Waals surface area contributed by atoms with Crippen molar-refractivity contribution in [2.75, 3.05) is 26.2 Å². The lowest BCUT2D eigenvalue weighted by atomic mass is 9.98. The van der Waals surface area contributed by atoms with Crippen LogP contribution in [0.5, 0.6) is 0 Å². The highest BCUT2D eigenvalue weighted by Crippen LogP contribution is 2.18. The zero-order valence-electron chi connectivity index (χ0n) is 19.5. The Morgan fingerprint density at radius 1 is 1.09 bits per heavy atom. The van der Waals surface area contributed by atoms with Gasteiger partial charge in [0.25, 0.3) is 0 Å². The second kappa shape index (κ2) is 12.5. The first kappa shape index (κ1) is 25.7. The summed E-state index contributed by atoms with van der Waals surface area (Å²) < 4.78 is 32.9. The van der Waals surface area contributed by atoms with E-state index in [0.717, 1.165) is 24.0 Å². The van der Waals surface area contributed by atoms with Crippen LogP contribution in [0.25, 0.3) is 0 Å². The number of amides is 2. The summed E-state index contributed by atoms with van der Waals surface area (Å²) in [6.07, 6.45) is 2.04. The Kier molecular flexibility index (Phi) is 9.47. The van der Waals surface area contributed by atoms with Crippen molar-refractivity contribution in [2.45, 2.75) is 44.1 Å². The van der Waals surface area contributed by atoms with Crippen LogP contribution in [0.15, 0.2) is 59.5 Å². The van der Waals surface area contributed by atoms with Gasteiger partial charge in [-0.1, -0.05) is 48.0 Å². The first-order valence-electron chi connectivity index (χ1n) is 11.6. The van der Waals surface area contributed by atoms with E-state index >= 15 is 0 Å². The lowest BCUT2D eigenvalue weighted by molar-refractivity contribution is -0.133. The normalized spacial score (nSPS) is 16.1. The van der Waals surface area contributed by atoms with Crippen LogP contribution < -0.4 is 10.0 Å². The number of alkyl carbamates (subject to hydrolysis) is 1.